The molecule has 0 bridgehead atoms. The van der Waals surface area contributed by atoms with E-state index in [2.05, 4.69) is 5.32 Å². The second kappa shape index (κ2) is 6.98. The largest absolute Gasteiger partial charge is 0.316 e. The Morgan fingerprint density at radius 3 is 2.08 bits per heavy atom. The summed E-state index contributed by atoms with van der Waals surface area (Å²) < 4.78 is 0. The van der Waals surface area contributed by atoms with Crippen LogP contribution in [0.2, 0.25) is 0 Å². The van der Waals surface area contributed by atoms with Crippen molar-refractivity contribution < 1.29 is 9.59 Å². The first-order valence-corrected chi connectivity index (χ1v) is 4.32. The van der Waals surface area contributed by atoms with Crippen LogP contribution in [0.25, 0.3) is 0 Å². The van der Waals surface area contributed by atoms with Crippen molar-refractivity contribution in [3.05, 3.63) is 0 Å². The fraction of sp³-hybridized carbons (Fsp3) is 0.778. The smallest absolute Gasteiger partial charge is 0.131 e. The number of carbonyl (C=O) groups is 2. The highest BCUT2D eigenvalue weighted by molar-refractivity contribution is 5.75. The molecule has 0 aromatic carbocycles. The highest BCUT2D eigenvalue weighted by Crippen LogP contribution is 1.87. The average molecular weight is 171 g/mol. The summed E-state index contributed by atoms with van der Waals surface area (Å²) in [5.41, 5.74) is 0. The van der Waals surface area contributed by atoms with E-state index in [-0.39, 0.29) is 11.6 Å². The lowest BCUT2D eigenvalue weighted by Gasteiger charge is -2.00. The monoisotopic (exact) mass is 171 g/mol. The van der Waals surface area contributed by atoms with Gasteiger partial charge in [-0.25, -0.2) is 0 Å². The van der Waals surface area contributed by atoms with Crippen LogP contribution in [-0.2, 0) is 9.59 Å². The third kappa shape index (κ3) is 9.30. The van der Waals surface area contributed by atoms with Gasteiger partial charge in [-0.2, -0.15) is 0 Å². The summed E-state index contributed by atoms with van der Waals surface area (Å²) in [5.74, 6) is 0.428. The van der Waals surface area contributed by atoms with Crippen molar-refractivity contribution in [3.8, 4) is 0 Å². The minimum absolute atomic E-state index is 0.203. The molecule has 3 nitrogen and oxygen atoms in total. The zero-order chi connectivity index (χ0) is 9.40. The van der Waals surface area contributed by atoms with Crippen LogP contribution in [0.15, 0.2) is 0 Å². The zero-order valence-corrected chi connectivity index (χ0v) is 7.85. The molecule has 0 saturated carbocycles. The van der Waals surface area contributed by atoms with Crippen molar-refractivity contribution in [1.82, 2.24) is 5.32 Å². The van der Waals surface area contributed by atoms with Gasteiger partial charge in [0.25, 0.3) is 0 Å². The van der Waals surface area contributed by atoms with E-state index in [0.717, 1.165) is 19.5 Å². The molecule has 0 aromatic heterocycles. The number of rotatable bonds is 7. The van der Waals surface area contributed by atoms with Crippen LogP contribution in [0.5, 0.6) is 0 Å². The molecule has 0 aromatic rings. The minimum atomic E-state index is 0.203. The van der Waals surface area contributed by atoms with Gasteiger partial charge in [-0.1, -0.05) is 0 Å². The summed E-state index contributed by atoms with van der Waals surface area (Å²) in [6.45, 7) is 4.73. The van der Waals surface area contributed by atoms with Gasteiger partial charge >= 0.3 is 0 Å². The Bertz CT molecular complexity index is 137. The second-order valence-electron chi connectivity index (χ2n) is 3.01. The number of ketones is 2. The first-order chi connectivity index (χ1) is 5.63. The van der Waals surface area contributed by atoms with E-state index < -0.39 is 0 Å². The molecule has 0 aliphatic rings. The zero-order valence-electron chi connectivity index (χ0n) is 7.85. The summed E-state index contributed by atoms with van der Waals surface area (Å²) in [6.07, 6.45) is 2.08. The Balaban J connectivity index is 3.01. The molecule has 0 radical (unpaired) electrons. The van der Waals surface area contributed by atoms with Crippen molar-refractivity contribution >= 4 is 11.6 Å². The first kappa shape index (κ1) is 11.3. The molecule has 1 N–H and O–H groups in total. The molecule has 0 aliphatic carbocycles. The molecule has 0 unspecified atom stereocenters. The van der Waals surface area contributed by atoms with E-state index in [0.29, 0.717) is 12.8 Å². The molecule has 0 atom stereocenters. The molecule has 0 heterocycles. The van der Waals surface area contributed by atoms with Crippen molar-refractivity contribution in [2.24, 2.45) is 0 Å². The topological polar surface area (TPSA) is 46.2 Å². The number of hydrogen-bond acceptors (Lipinski definition) is 3. The maximum absolute atomic E-state index is 10.5. The highest BCUT2D eigenvalue weighted by Gasteiger charge is 1.94. The van der Waals surface area contributed by atoms with Gasteiger partial charge in [0.15, 0.2) is 0 Å². The number of nitrogens with one attached hydrogen (secondary N) is 1. The van der Waals surface area contributed by atoms with Gasteiger partial charge in [-0.15, -0.1) is 0 Å². The van der Waals surface area contributed by atoms with Crippen LogP contribution in [0.3, 0.4) is 0 Å². The van der Waals surface area contributed by atoms with Crippen molar-refractivity contribution in [1.29, 1.82) is 0 Å². The third-order valence-electron chi connectivity index (χ3n) is 1.54. The summed E-state index contributed by atoms with van der Waals surface area (Å²) in [6, 6.07) is 0. The Kier molecular flexibility index (Phi) is 6.57. The van der Waals surface area contributed by atoms with Crippen LogP contribution in [-0.4, -0.2) is 24.7 Å². The standard InChI is InChI=1S/C9H17NO2/c1-8(11)4-3-6-10-7-5-9(2)12/h10H,3-7H2,1-2H3. The highest BCUT2D eigenvalue weighted by atomic mass is 16.1. The average Bonchev–Trinajstić information content (AvgIpc) is 1.95. The SMILES string of the molecule is CC(=O)CCCNCCC(C)=O. The lowest BCUT2D eigenvalue weighted by atomic mass is 10.2. The first-order valence-electron chi connectivity index (χ1n) is 4.32. The van der Waals surface area contributed by atoms with Crippen LogP contribution in [0.1, 0.15) is 33.1 Å². The molecule has 0 spiro atoms. The molecule has 0 saturated heterocycles. The van der Waals surface area contributed by atoms with Gasteiger partial charge in [0.2, 0.25) is 0 Å². The lowest BCUT2D eigenvalue weighted by molar-refractivity contribution is -0.118. The van der Waals surface area contributed by atoms with E-state index in [4.69, 9.17) is 0 Å². The van der Waals surface area contributed by atoms with Crippen LogP contribution >= 0.6 is 0 Å². The maximum atomic E-state index is 10.5. The fourth-order valence-corrected chi connectivity index (χ4v) is 0.852. The Morgan fingerprint density at radius 2 is 1.58 bits per heavy atom. The Morgan fingerprint density at radius 1 is 1.00 bits per heavy atom. The third-order valence-corrected chi connectivity index (χ3v) is 1.54. The predicted octanol–water partition coefficient (Wildman–Crippen LogP) is 0.924. The summed E-state index contributed by atoms with van der Waals surface area (Å²) in [5, 5.41) is 3.10. The van der Waals surface area contributed by atoms with E-state index in [1.807, 2.05) is 0 Å². The van der Waals surface area contributed by atoms with Gasteiger partial charge in [-0.3, -0.25) is 4.79 Å². The molecule has 0 rings (SSSR count). The molecule has 0 aliphatic heterocycles. The molecule has 0 amide bonds. The van der Waals surface area contributed by atoms with E-state index >= 15 is 0 Å². The molecular formula is C9H17NO2. The molecular weight excluding hydrogens is 154 g/mol. The van der Waals surface area contributed by atoms with Gasteiger partial charge in [0.05, 0.1) is 0 Å². The molecule has 3 heteroatoms. The van der Waals surface area contributed by atoms with Crippen molar-refractivity contribution in [3.63, 3.8) is 0 Å². The molecule has 12 heavy (non-hydrogen) atoms. The second-order valence-corrected chi connectivity index (χ2v) is 3.01. The normalized spacial score (nSPS) is 9.83. The van der Waals surface area contributed by atoms with Crippen molar-refractivity contribution in [2.45, 2.75) is 33.1 Å². The van der Waals surface area contributed by atoms with E-state index in [9.17, 15) is 9.59 Å². The summed E-state index contributed by atoms with van der Waals surface area (Å²) in [4.78, 5) is 21.0. The lowest BCUT2D eigenvalue weighted by Crippen LogP contribution is -2.19. The van der Waals surface area contributed by atoms with Crippen LogP contribution in [0, 0.1) is 0 Å². The van der Waals surface area contributed by atoms with Crippen LogP contribution in [0.4, 0.5) is 0 Å². The van der Waals surface area contributed by atoms with Gasteiger partial charge < -0.3 is 10.1 Å². The Hall–Kier alpha value is -0.700. The number of Topliss-reactive ketones (excluding diaryl/α,β-unsaturated/α-hetero) is 2. The van der Waals surface area contributed by atoms with Gasteiger partial charge in [-0.05, 0) is 26.8 Å². The quantitative estimate of drug-likeness (QED) is 0.579. The van der Waals surface area contributed by atoms with Gasteiger partial charge in [0.1, 0.15) is 11.6 Å². The Labute approximate surface area is 73.5 Å². The molecule has 0 fully saturated rings. The summed E-state index contributed by atoms with van der Waals surface area (Å²) >= 11 is 0. The minimum Gasteiger partial charge on any atom is -0.316 e. The predicted molar refractivity (Wildman–Crippen MR) is 48.1 cm³/mol. The molecule has 70 valence electrons. The van der Waals surface area contributed by atoms with Crippen molar-refractivity contribution in [2.75, 3.05) is 13.1 Å². The fourth-order valence-electron chi connectivity index (χ4n) is 0.852. The number of hydrogen-bond donors (Lipinski definition) is 1. The van der Waals surface area contributed by atoms with E-state index in [1.54, 1.807) is 13.8 Å². The summed E-state index contributed by atoms with van der Waals surface area (Å²) in [7, 11) is 0. The number of carbonyl (C=O) groups excluding carboxylic acids is 2. The van der Waals surface area contributed by atoms with Crippen LogP contribution < -0.4 is 5.32 Å². The van der Waals surface area contributed by atoms with Gasteiger partial charge in [0, 0.05) is 19.4 Å². The van der Waals surface area contributed by atoms with E-state index in [1.165, 1.54) is 0 Å². The maximum Gasteiger partial charge on any atom is 0.131 e.